The molecule has 1 aromatic carbocycles. The van der Waals surface area contributed by atoms with Crippen LogP contribution in [-0.2, 0) is 15.9 Å². The molecule has 3 heteroatoms. The third-order valence-electron chi connectivity index (χ3n) is 2.35. The highest BCUT2D eigenvalue weighted by Crippen LogP contribution is 2.09. The molecule has 1 aromatic rings. The Hall–Kier alpha value is -0.900. The predicted octanol–water partition coefficient (Wildman–Crippen LogP) is 1.60. The molecule has 0 heterocycles. The second kappa shape index (κ2) is 6.56. The molecule has 0 saturated carbocycles. The van der Waals surface area contributed by atoms with Gasteiger partial charge in [0.15, 0.2) is 6.29 Å². The van der Waals surface area contributed by atoms with Crippen LogP contribution in [0.25, 0.3) is 0 Å². The van der Waals surface area contributed by atoms with Gasteiger partial charge in [-0.2, -0.15) is 0 Å². The van der Waals surface area contributed by atoms with E-state index in [2.05, 4.69) is 0 Å². The average Bonchev–Trinajstić information content (AvgIpc) is 2.29. The lowest BCUT2D eigenvalue weighted by molar-refractivity contribution is -0.165. The number of ether oxygens (including phenoxy) is 2. The largest absolute Gasteiger partial charge is 0.388 e. The van der Waals surface area contributed by atoms with Gasteiger partial charge in [0.2, 0.25) is 0 Å². The van der Waals surface area contributed by atoms with Crippen LogP contribution in [0.5, 0.6) is 0 Å². The van der Waals surface area contributed by atoms with Crippen LogP contribution in [0.1, 0.15) is 12.0 Å². The number of hydrogen-bond donors (Lipinski definition) is 1. The van der Waals surface area contributed by atoms with Gasteiger partial charge >= 0.3 is 0 Å². The summed E-state index contributed by atoms with van der Waals surface area (Å²) in [7, 11) is 3.06. The van der Waals surface area contributed by atoms with Crippen LogP contribution in [0, 0.1) is 0 Å². The number of aryl methyl sites for hydroxylation is 1. The monoisotopic (exact) mass is 210 g/mol. The van der Waals surface area contributed by atoms with Gasteiger partial charge < -0.3 is 14.6 Å². The Labute approximate surface area is 90.6 Å². The zero-order chi connectivity index (χ0) is 11.1. The molecule has 0 fully saturated rings. The summed E-state index contributed by atoms with van der Waals surface area (Å²) in [4.78, 5) is 0. The zero-order valence-corrected chi connectivity index (χ0v) is 9.22. The van der Waals surface area contributed by atoms with Crippen molar-refractivity contribution >= 4 is 0 Å². The van der Waals surface area contributed by atoms with Crippen molar-refractivity contribution in [1.29, 1.82) is 0 Å². The van der Waals surface area contributed by atoms with E-state index < -0.39 is 12.4 Å². The molecule has 0 aliphatic heterocycles. The number of aliphatic hydroxyl groups is 1. The predicted molar refractivity (Wildman–Crippen MR) is 58.6 cm³/mol. The first kappa shape index (κ1) is 12.2. The molecule has 0 aliphatic carbocycles. The second-order valence-corrected chi connectivity index (χ2v) is 3.43. The third-order valence-corrected chi connectivity index (χ3v) is 2.35. The van der Waals surface area contributed by atoms with Gasteiger partial charge in [-0.1, -0.05) is 30.3 Å². The SMILES string of the molecule is COC(OC)C(O)CCc1ccccc1. The summed E-state index contributed by atoms with van der Waals surface area (Å²) in [6.07, 6.45) is 0.343. The first-order valence-corrected chi connectivity index (χ1v) is 5.05. The average molecular weight is 210 g/mol. The molecule has 0 spiro atoms. The fourth-order valence-electron chi connectivity index (χ4n) is 1.51. The van der Waals surface area contributed by atoms with Crippen molar-refractivity contribution in [3.63, 3.8) is 0 Å². The van der Waals surface area contributed by atoms with Crippen LogP contribution in [-0.4, -0.2) is 31.7 Å². The summed E-state index contributed by atoms with van der Waals surface area (Å²) in [6, 6.07) is 10.0. The van der Waals surface area contributed by atoms with E-state index in [0.717, 1.165) is 6.42 Å². The third kappa shape index (κ3) is 4.00. The van der Waals surface area contributed by atoms with Crippen molar-refractivity contribution in [2.24, 2.45) is 0 Å². The molecular formula is C12H18O3. The maximum atomic E-state index is 9.72. The molecule has 3 nitrogen and oxygen atoms in total. The summed E-state index contributed by atoms with van der Waals surface area (Å²) in [5.74, 6) is 0. The van der Waals surface area contributed by atoms with E-state index in [0.29, 0.717) is 6.42 Å². The molecule has 0 radical (unpaired) electrons. The minimum absolute atomic E-state index is 0.534. The Morgan fingerprint density at radius 2 is 1.73 bits per heavy atom. The van der Waals surface area contributed by atoms with E-state index in [-0.39, 0.29) is 0 Å². The number of rotatable bonds is 6. The Kier molecular flexibility index (Phi) is 5.32. The van der Waals surface area contributed by atoms with Crippen molar-refractivity contribution in [2.75, 3.05) is 14.2 Å². The van der Waals surface area contributed by atoms with E-state index in [4.69, 9.17) is 9.47 Å². The molecular weight excluding hydrogens is 192 g/mol. The highest BCUT2D eigenvalue weighted by molar-refractivity contribution is 5.14. The van der Waals surface area contributed by atoms with Crippen molar-refractivity contribution in [3.05, 3.63) is 35.9 Å². The lowest BCUT2D eigenvalue weighted by Crippen LogP contribution is -2.30. The molecule has 1 N–H and O–H groups in total. The lowest BCUT2D eigenvalue weighted by atomic mass is 10.1. The summed E-state index contributed by atoms with van der Waals surface area (Å²) >= 11 is 0. The van der Waals surface area contributed by atoms with Gasteiger partial charge in [0.1, 0.15) is 6.10 Å². The van der Waals surface area contributed by atoms with Crippen molar-refractivity contribution in [1.82, 2.24) is 0 Å². The first-order chi connectivity index (χ1) is 7.27. The minimum Gasteiger partial charge on any atom is -0.388 e. The number of hydrogen-bond acceptors (Lipinski definition) is 3. The maximum Gasteiger partial charge on any atom is 0.182 e. The van der Waals surface area contributed by atoms with Gasteiger partial charge in [0.05, 0.1) is 0 Å². The number of methoxy groups -OCH3 is 2. The van der Waals surface area contributed by atoms with Crippen LogP contribution in [0.4, 0.5) is 0 Å². The van der Waals surface area contributed by atoms with Gasteiger partial charge in [-0.15, -0.1) is 0 Å². The zero-order valence-electron chi connectivity index (χ0n) is 9.22. The molecule has 15 heavy (non-hydrogen) atoms. The van der Waals surface area contributed by atoms with E-state index in [1.165, 1.54) is 19.8 Å². The first-order valence-electron chi connectivity index (χ1n) is 5.05. The van der Waals surface area contributed by atoms with Crippen molar-refractivity contribution in [2.45, 2.75) is 25.2 Å². The standard InChI is InChI=1S/C12H18O3/c1-14-12(15-2)11(13)9-8-10-6-4-3-5-7-10/h3-7,11-13H,8-9H2,1-2H3. The van der Waals surface area contributed by atoms with Gasteiger partial charge in [0.25, 0.3) is 0 Å². The number of aliphatic hydroxyl groups excluding tert-OH is 1. The normalized spacial score (nSPS) is 13.1. The Morgan fingerprint density at radius 1 is 1.13 bits per heavy atom. The van der Waals surface area contributed by atoms with Gasteiger partial charge in [-0.05, 0) is 18.4 Å². The van der Waals surface area contributed by atoms with Crippen molar-refractivity contribution < 1.29 is 14.6 Å². The van der Waals surface area contributed by atoms with Crippen LogP contribution < -0.4 is 0 Å². The smallest absolute Gasteiger partial charge is 0.182 e. The summed E-state index contributed by atoms with van der Waals surface area (Å²) < 4.78 is 9.95. The van der Waals surface area contributed by atoms with E-state index in [9.17, 15) is 5.11 Å². The maximum absolute atomic E-state index is 9.72. The molecule has 1 rings (SSSR count). The fourth-order valence-corrected chi connectivity index (χ4v) is 1.51. The quantitative estimate of drug-likeness (QED) is 0.725. The van der Waals surface area contributed by atoms with E-state index >= 15 is 0 Å². The summed E-state index contributed by atoms with van der Waals surface area (Å²) in [6.45, 7) is 0. The molecule has 1 atom stereocenters. The fraction of sp³-hybridized carbons (Fsp3) is 0.500. The molecule has 0 aromatic heterocycles. The lowest BCUT2D eigenvalue weighted by Gasteiger charge is -2.19. The highest BCUT2D eigenvalue weighted by atomic mass is 16.7. The topological polar surface area (TPSA) is 38.7 Å². The van der Waals surface area contributed by atoms with Crippen LogP contribution in [0.15, 0.2) is 30.3 Å². The highest BCUT2D eigenvalue weighted by Gasteiger charge is 2.17. The summed E-state index contributed by atoms with van der Waals surface area (Å²) in [5.41, 5.74) is 1.21. The summed E-state index contributed by atoms with van der Waals surface area (Å²) in [5, 5.41) is 9.72. The van der Waals surface area contributed by atoms with Gasteiger partial charge in [-0.25, -0.2) is 0 Å². The number of benzene rings is 1. The van der Waals surface area contributed by atoms with E-state index in [1.807, 2.05) is 30.3 Å². The molecule has 0 amide bonds. The molecule has 0 saturated heterocycles. The molecule has 0 aliphatic rings. The second-order valence-electron chi connectivity index (χ2n) is 3.43. The van der Waals surface area contributed by atoms with Gasteiger partial charge in [0, 0.05) is 14.2 Å². The minimum atomic E-state index is -0.583. The molecule has 84 valence electrons. The Morgan fingerprint density at radius 3 is 2.27 bits per heavy atom. The molecule has 0 bridgehead atoms. The Balaban J connectivity index is 2.36. The van der Waals surface area contributed by atoms with Crippen LogP contribution in [0.2, 0.25) is 0 Å². The van der Waals surface area contributed by atoms with Crippen molar-refractivity contribution in [3.8, 4) is 0 Å². The van der Waals surface area contributed by atoms with Crippen LogP contribution >= 0.6 is 0 Å². The Bertz CT molecular complexity index is 257. The van der Waals surface area contributed by atoms with E-state index in [1.54, 1.807) is 0 Å². The molecule has 1 unspecified atom stereocenters. The van der Waals surface area contributed by atoms with Crippen LogP contribution in [0.3, 0.4) is 0 Å². The van der Waals surface area contributed by atoms with Gasteiger partial charge in [-0.3, -0.25) is 0 Å².